The number of nitrogens with one attached hydrogen (secondary N) is 1. The molecule has 0 atom stereocenters. The molecule has 4 nitrogen and oxygen atoms in total. The number of carbonyl (C=O) groups excluding carboxylic acids is 1. The lowest BCUT2D eigenvalue weighted by Gasteiger charge is -2.29. The Morgan fingerprint density at radius 3 is 2.46 bits per heavy atom. The van der Waals surface area contributed by atoms with Crippen molar-refractivity contribution in [2.24, 2.45) is 0 Å². The van der Waals surface area contributed by atoms with E-state index in [1.165, 1.54) is 17.0 Å². The molecule has 2 aromatic rings. The normalized spacial score (nSPS) is 11.2. The van der Waals surface area contributed by atoms with E-state index < -0.39 is 17.4 Å². The van der Waals surface area contributed by atoms with Crippen molar-refractivity contribution in [1.82, 2.24) is 4.90 Å². The molecular formula is C19H23FN2O2. The maximum absolute atomic E-state index is 14.0. The standard InChI is InChI=1S/C19H23FN2O2/c1-14-9-10-17(16(20)11-14)21-18(23)22(13-19(2,3)24)12-15-7-5-4-6-8-15/h4-11,24H,12-13H2,1-3H3,(H,21,23). The first kappa shape index (κ1) is 17.9. The Balaban J connectivity index is 2.17. The van der Waals surface area contributed by atoms with Crippen LogP contribution in [-0.2, 0) is 6.54 Å². The van der Waals surface area contributed by atoms with Crippen LogP contribution in [0.5, 0.6) is 0 Å². The van der Waals surface area contributed by atoms with E-state index in [1.807, 2.05) is 30.3 Å². The first-order valence-corrected chi connectivity index (χ1v) is 7.83. The van der Waals surface area contributed by atoms with Gasteiger partial charge in [0.1, 0.15) is 5.82 Å². The number of hydrogen-bond acceptors (Lipinski definition) is 2. The third-order valence-corrected chi connectivity index (χ3v) is 3.45. The summed E-state index contributed by atoms with van der Waals surface area (Å²) in [4.78, 5) is 14.0. The predicted octanol–water partition coefficient (Wildman–Crippen LogP) is 3.94. The van der Waals surface area contributed by atoms with Crippen LogP contribution in [0.1, 0.15) is 25.0 Å². The second-order valence-corrected chi connectivity index (χ2v) is 6.57. The Morgan fingerprint density at radius 1 is 1.21 bits per heavy atom. The maximum Gasteiger partial charge on any atom is 0.322 e. The molecule has 2 N–H and O–H groups in total. The van der Waals surface area contributed by atoms with Crippen molar-refractivity contribution in [3.8, 4) is 0 Å². The minimum Gasteiger partial charge on any atom is -0.389 e. The fourth-order valence-corrected chi connectivity index (χ4v) is 2.39. The van der Waals surface area contributed by atoms with Gasteiger partial charge in [0, 0.05) is 6.54 Å². The highest BCUT2D eigenvalue weighted by Crippen LogP contribution is 2.17. The van der Waals surface area contributed by atoms with Gasteiger partial charge in [-0.15, -0.1) is 0 Å². The summed E-state index contributed by atoms with van der Waals surface area (Å²) in [6.07, 6.45) is 0. The molecule has 2 aromatic carbocycles. The molecule has 0 heterocycles. The Kier molecular flexibility index (Phi) is 5.57. The van der Waals surface area contributed by atoms with Crippen molar-refractivity contribution < 1.29 is 14.3 Å². The van der Waals surface area contributed by atoms with Gasteiger partial charge in [-0.1, -0.05) is 36.4 Å². The number of urea groups is 1. The van der Waals surface area contributed by atoms with E-state index in [-0.39, 0.29) is 12.2 Å². The Labute approximate surface area is 141 Å². The molecule has 0 aliphatic rings. The Hall–Kier alpha value is -2.40. The van der Waals surface area contributed by atoms with E-state index in [9.17, 15) is 14.3 Å². The van der Waals surface area contributed by atoms with E-state index in [2.05, 4.69) is 5.32 Å². The first-order valence-electron chi connectivity index (χ1n) is 7.83. The summed E-state index contributed by atoms with van der Waals surface area (Å²) in [6, 6.07) is 13.6. The lowest BCUT2D eigenvalue weighted by Crippen LogP contribution is -2.43. The van der Waals surface area contributed by atoms with Gasteiger partial charge in [0.05, 0.1) is 17.8 Å². The molecule has 0 saturated heterocycles. The zero-order valence-electron chi connectivity index (χ0n) is 14.2. The summed E-state index contributed by atoms with van der Waals surface area (Å²) in [5.74, 6) is -0.480. The predicted molar refractivity (Wildman–Crippen MR) is 93.3 cm³/mol. The smallest absolute Gasteiger partial charge is 0.322 e. The zero-order chi connectivity index (χ0) is 17.7. The second-order valence-electron chi connectivity index (χ2n) is 6.57. The number of hydrogen-bond donors (Lipinski definition) is 2. The van der Waals surface area contributed by atoms with Gasteiger partial charge in [-0.25, -0.2) is 9.18 Å². The third kappa shape index (κ3) is 5.35. The minimum absolute atomic E-state index is 0.124. The number of halogens is 1. The molecular weight excluding hydrogens is 307 g/mol. The molecule has 2 rings (SSSR count). The number of amides is 2. The van der Waals surface area contributed by atoms with E-state index in [4.69, 9.17) is 0 Å². The largest absolute Gasteiger partial charge is 0.389 e. The van der Waals surface area contributed by atoms with Gasteiger partial charge in [0.15, 0.2) is 0 Å². The van der Waals surface area contributed by atoms with Gasteiger partial charge in [-0.2, -0.15) is 0 Å². The molecule has 0 unspecified atom stereocenters. The number of benzene rings is 2. The number of rotatable bonds is 5. The molecule has 0 aromatic heterocycles. The molecule has 0 saturated carbocycles. The number of aliphatic hydroxyl groups is 1. The van der Waals surface area contributed by atoms with Crippen LogP contribution in [0.3, 0.4) is 0 Å². The van der Waals surface area contributed by atoms with Crippen molar-refractivity contribution in [3.63, 3.8) is 0 Å². The SMILES string of the molecule is Cc1ccc(NC(=O)N(Cc2ccccc2)CC(C)(C)O)c(F)c1. The average Bonchev–Trinajstić information content (AvgIpc) is 2.49. The van der Waals surface area contributed by atoms with Gasteiger partial charge < -0.3 is 15.3 Å². The fraction of sp³-hybridized carbons (Fsp3) is 0.316. The maximum atomic E-state index is 14.0. The van der Waals surface area contributed by atoms with Gasteiger partial charge in [0.2, 0.25) is 0 Å². The first-order chi connectivity index (χ1) is 11.2. The van der Waals surface area contributed by atoms with Crippen LogP contribution < -0.4 is 5.32 Å². The van der Waals surface area contributed by atoms with Gasteiger partial charge in [0.25, 0.3) is 0 Å². The van der Waals surface area contributed by atoms with Crippen LogP contribution in [-0.4, -0.2) is 28.2 Å². The number of anilines is 1. The highest BCUT2D eigenvalue weighted by Gasteiger charge is 2.23. The molecule has 5 heteroatoms. The molecule has 0 bridgehead atoms. The van der Waals surface area contributed by atoms with Gasteiger partial charge in [-0.05, 0) is 44.0 Å². The molecule has 0 spiro atoms. The van der Waals surface area contributed by atoms with Crippen molar-refractivity contribution in [1.29, 1.82) is 0 Å². The molecule has 128 valence electrons. The molecule has 0 aliphatic carbocycles. The van der Waals surface area contributed by atoms with Gasteiger partial charge in [-0.3, -0.25) is 0 Å². The summed E-state index contributed by atoms with van der Waals surface area (Å²) in [7, 11) is 0. The van der Waals surface area contributed by atoms with Crippen LogP contribution in [0.25, 0.3) is 0 Å². The van der Waals surface area contributed by atoms with Crippen LogP contribution >= 0.6 is 0 Å². The Bertz CT molecular complexity index is 696. The van der Waals surface area contributed by atoms with Gasteiger partial charge >= 0.3 is 6.03 Å². The van der Waals surface area contributed by atoms with Crippen molar-refractivity contribution in [3.05, 3.63) is 65.5 Å². The van der Waals surface area contributed by atoms with E-state index >= 15 is 0 Å². The van der Waals surface area contributed by atoms with Crippen LogP contribution in [0, 0.1) is 12.7 Å². The molecule has 24 heavy (non-hydrogen) atoms. The van der Waals surface area contributed by atoms with Crippen LogP contribution in [0.4, 0.5) is 14.9 Å². The summed E-state index contributed by atoms with van der Waals surface area (Å²) in [5, 5.41) is 12.7. The summed E-state index contributed by atoms with van der Waals surface area (Å²) < 4.78 is 14.0. The van der Waals surface area contributed by atoms with Crippen molar-refractivity contribution in [2.45, 2.75) is 32.9 Å². The summed E-state index contributed by atoms with van der Waals surface area (Å²) >= 11 is 0. The number of carbonyl (C=O) groups is 1. The lowest BCUT2D eigenvalue weighted by atomic mass is 10.1. The average molecular weight is 330 g/mol. The number of nitrogens with zero attached hydrogens (tertiary/aromatic N) is 1. The fourth-order valence-electron chi connectivity index (χ4n) is 2.39. The molecule has 2 amide bonds. The van der Waals surface area contributed by atoms with Crippen LogP contribution in [0.2, 0.25) is 0 Å². The van der Waals surface area contributed by atoms with Crippen LogP contribution in [0.15, 0.2) is 48.5 Å². The molecule has 0 radical (unpaired) electrons. The monoisotopic (exact) mass is 330 g/mol. The molecule has 0 fully saturated rings. The van der Waals surface area contributed by atoms with Crippen molar-refractivity contribution in [2.75, 3.05) is 11.9 Å². The summed E-state index contributed by atoms with van der Waals surface area (Å²) in [5.41, 5.74) is 0.779. The van der Waals surface area contributed by atoms with Crippen molar-refractivity contribution >= 4 is 11.7 Å². The molecule has 0 aliphatic heterocycles. The van der Waals surface area contributed by atoms with E-state index in [0.29, 0.717) is 6.54 Å². The highest BCUT2D eigenvalue weighted by atomic mass is 19.1. The summed E-state index contributed by atoms with van der Waals surface area (Å²) in [6.45, 7) is 5.49. The lowest BCUT2D eigenvalue weighted by molar-refractivity contribution is 0.0469. The third-order valence-electron chi connectivity index (χ3n) is 3.45. The second kappa shape index (κ2) is 7.45. The quantitative estimate of drug-likeness (QED) is 0.872. The number of aryl methyl sites for hydroxylation is 1. The minimum atomic E-state index is -1.06. The van der Waals surface area contributed by atoms with E-state index in [0.717, 1.165) is 11.1 Å². The zero-order valence-corrected chi connectivity index (χ0v) is 14.2. The topological polar surface area (TPSA) is 52.6 Å². The van der Waals surface area contributed by atoms with E-state index in [1.54, 1.807) is 26.8 Å². The highest BCUT2D eigenvalue weighted by molar-refractivity contribution is 5.89. The Morgan fingerprint density at radius 2 is 1.88 bits per heavy atom.